The van der Waals surface area contributed by atoms with Crippen LogP contribution in [0.4, 0.5) is 23.2 Å². The van der Waals surface area contributed by atoms with Crippen molar-refractivity contribution in [2.45, 2.75) is 39.3 Å². The summed E-state index contributed by atoms with van der Waals surface area (Å²) in [5.41, 5.74) is 1.45. The van der Waals surface area contributed by atoms with Gasteiger partial charge in [0, 0.05) is 23.6 Å². The molecule has 1 amide bonds. The van der Waals surface area contributed by atoms with Crippen molar-refractivity contribution in [1.82, 2.24) is 14.8 Å². The van der Waals surface area contributed by atoms with Gasteiger partial charge in [0.1, 0.15) is 12.1 Å². The van der Waals surface area contributed by atoms with Crippen LogP contribution in [0.25, 0.3) is 5.69 Å². The van der Waals surface area contributed by atoms with Crippen molar-refractivity contribution >= 4 is 11.6 Å². The molecular weight excluding hydrogens is 424 g/mol. The monoisotopic (exact) mass is 446 g/mol. The molecule has 1 aromatic heterocycles. The van der Waals surface area contributed by atoms with E-state index in [0.29, 0.717) is 17.1 Å². The van der Waals surface area contributed by atoms with E-state index in [0.717, 1.165) is 11.0 Å². The Morgan fingerprint density at radius 1 is 1.19 bits per heavy atom. The SMILES string of the molecule is Cc1ccc(-n2cnc(C(C)C)n2)cc1C(=O)N1C[C@H](C(F)(F)F)Cc2c(F)cccc21. The fourth-order valence-electron chi connectivity index (χ4n) is 3.84. The predicted molar refractivity (Wildman–Crippen MR) is 112 cm³/mol. The van der Waals surface area contributed by atoms with Crippen LogP contribution in [0, 0.1) is 18.7 Å². The summed E-state index contributed by atoms with van der Waals surface area (Å²) in [6.45, 7) is 5.04. The van der Waals surface area contributed by atoms with E-state index in [1.807, 2.05) is 13.8 Å². The third-order valence-corrected chi connectivity index (χ3v) is 5.69. The fraction of sp³-hybridized carbons (Fsp3) is 0.348. The van der Waals surface area contributed by atoms with Crippen LogP contribution in [-0.2, 0) is 6.42 Å². The number of benzene rings is 2. The average molecular weight is 446 g/mol. The molecular formula is C23H22F4N4O. The molecule has 0 unspecified atom stereocenters. The highest BCUT2D eigenvalue weighted by molar-refractivity contribution is 6.08. The summed E-state index contributed by atoms with van der Waals surface area (Å²) in [5.74, 6) is -2.46. The van der Waals surface area contributed by atoms with Crippen molar-refractivity contribution in [3.8, 4) is 5.69 Å². The number of carbonyl (C=O) groups excluding carboxylic acids is 1. The Hall–Kier alpha value is -3.23. The van der Waals surface area contributed by atoms with Gasteiger partial charge in [-0.3, -0.25) is 4.79 Å². The minimum Gasteiger partial charge on any atom is -0.307 e. The number of alkyl halides is 3. The van der Waals surface area contributed by atoms with Crippen molar-refractivity contribution in [2.24, 2.45) is 5.92 Å². The Bertz CT molecular complexity index is 1170. The van der Waals surface area contributed by atoms with Crippen LogP contribution in [0.1, 0.15) is 47.1 Å². The van der Waals surface area contributed by atoms with E-state index in [2.05, 4.69) is 10.1 Å². The lowest BCUT2D eigenvalue weighted by molar-refractivity contribution is -0.172. The largest absolute Gasteiger partial charge is 0.393 e. The second-order valence-corrected chi connectivity index (χ2v) is 8.30. The zero-order valence-corrected chi connectivity index (χ0v) is 17.8. The summed E-state index contributed by atoms with van der Waals surface area (Å²) in [4.78, 5) is 18.7. The van der Waals surface area contributed by atoms with Gasteiger partial charge in [-0.25, -0.2) is 14.1 Å². The van der Waals surface area contributed by atoms with E-state index in [1.165, 1.54) is 23.1 Å². The van der Waals surface area contributed by atoms with Gasteiger partial charge in [0.25, 0.3) is 5.91 Å². The first-order valence-corrected chi connectivity index (χ1v) is 10.2. The zero-order chi connectivity index (χ0) is 23.2. The molecule has 0 spiro atoms. The molecule has 0 N–H and O–H groups in total. The number of hydrogen-bond acceptors (Lipinski definition) is 3. The molecule has 9 heteroatoms. The molecule has 1 aliphatic heterocycles. The van der Waals surface area contributed by atoms with Crippen LogP contribution in [0.3, 0.4) is 0 Å². The fourth-order valence-corrected chi connectivity index (χ4v) is 3.84. The molecule has 1 atom stereocenters. The molecule has 0 bridgehead atoms. The Morgan fingerprint density at radius 3 is 2.59 bits per heavy atom. The van der Waals surface area contributed by atoms with Gasteiger partial charge < -0.3 is 4.90 Å². The van der Waals surface area contributed by atoms with Gasteiger partial charge in [0.2, 0.25) is 0 Å². The van der Waals surface area contributed by atoms with Crippen LogP contribution in [-0.4, -0.2) is 33.4 Å². The minimum absolute atomic E-state index is 0.0962. The van der Waals surface area contributed by atoms with E-state index in [4.69, 9.17) is 0 Å². The van der Waals surface area contributed by atoms with Crippen molar-refractivity contribution in [3.05, 3.63) is 71.1 Å². The number of rotatable bonds is 3. The first kappa shape index (κ1) is 22.0. The highest BCUT2D eigenvalue weighted by Crippen LogP contribution is 2.39. The van der Waals surface area contributed by atoms with Crippen molar-refractivity contribution in [2.75, 3.05) is 11.4 Å². The zero-order valence-electron chi connectivity index (χ0n) is 17.8. The lowest BCUT2D eigenvalue weighted by Crippen LogP contribution is -2.45. The number of carbonyl (C=O) groups is 1. The van der Waals surface area contributed by atoms with Gasteiger partial charge in [-0.05, 0) is 43.2 Å². The molecule has 32 heavy (non-hydrogen) atoms. The van der Waals surface area contributed by atoms with Gasteiger partial charge in [0.05, 0.1) is 17.3 Å². The maximum Gasteiger partial charge on any atom is 0.393 e. The van der Waals surface area contributed by atoms with Gasteiger partial charge in [-0.1, -0.05) is 26.0 Å². The Labute approximate surface area is 182 Å². The summed E-state index contributed by atoms with van der Waals surface area (Å²) in [6, 6.07) is 9.03. The van der Waals surface area contributed by atoms with Crippen molar-refractivity contribution in [1.29, 1.82) is 0 Å². The summed E-state index contributed by atoms with van der Waals surface area (Å²) in [6.07, 6.45) is -3.52. The number of aryl methyl sites for hydroxylation is 1. The van der Waals surface area contributed by atoms with Crippen LogP contribution >= 0.6 is 0 Å². The Kier molecular flexibility index (Phi) is 5.52. The van der Waals surface area contributed by atoms with Gasteiger partial charge >= 0.3 is 6.18 Å². The lowest BCUT2D eigenvalue weighted by Gasteiger charge is -2.36. The van der Waals surface area contributed by atoms with E-state index < -0.39 is 36.8 Å². The molecule has 0 saturated heterocycles. The van der Waals surface area contributed by atoms with Crippen LogP contribution in [0.5, 0.6) is 0 Å². The van der Waals surface area contributed by atoms with Gasteiger partial charge in [-0.15, -0.1) is 0 Å². The molecule has 5 nitrogen and oxygen atoms in total. The summed E-state index contributed by atoms with van der Waals surface area (Å²) < 4.78 is 56.6. The third-order valence-electron chi connectivity index (χ3n) is 5.69. The van der Waals surface area contributed by atoms with E-state index >= 15 is 0 Å². The number of aromatic nitrogens is 3. The number of halogens is 4. The first-order chi connectivity index (χ1) is 15.1. The Balaban J connectivity index is 1.76. The van der Waals surface area contributed by atoms with Crippen molar-refractivity contribution < 1.29 is 22.4 Å². The van der Waals surface area contributed by atoms with E-state index in [1.54, 1.807) is 25.1 Å². The number of nitrogens with zero attached hydrogens (tertiary/aromatic N) is 4. The van der Waals surface area contributed by atoms with Crippen molar-refractivity contribution in [3.63, 3.8) is 0 Å². The Morgan fingerprint density at radius 2 is 1.94 bits per heavy atom. The quantitative estimate of drug-likeness (QED) is 0.519. The predicted octanol–water partition coefficient (Wildman–Crippen LogP) is 5.22. The van der Waals surface area contributed by atoms with E-state index in [-0.39, 0.29) is 22.7 Å². The van der Waals surface area contributed by atoms with E-state index in [9.17, 15) is 22.4 Å². The van der Waals surface area contributed by atoms with Crippen LogP contribution < -0.4 is 4.90 Å². The molecule has 2 aromatic carbocycles. The minimum atomic E-state index is -4.55. The number of hydrogen-bond donors (Lipinski definition) is 0. The standard InChI is InChI=1S/C23H22F4N4O/c1-13(2)21-28-12-31(29-21)16-8-7-14(3)17(10-16)22(32)30-11-15(23(25,26)27)9-18-19(24)5-4-6-20(18)30/h4-8,10,12-13,15H,9,11H2,1-3H3/t15-/m1/s1. The molecule has 1 aliphatic rings. The smallest absolute Gasteiger partial charge is 0.307 e. The lowest BCUT2D eigenvalue weighted by atomic mass is 9.90. The van der Waals surface area contributed by atoms with Gasteiger partial charge in [-0.2, -0.15) is 18.3 Å². The number of fused-ring (bicyclic) bond motifs is 1. The highest BCUT2D eigenvalue weighted by atomic mass is 19.4. The molecule has 0 radical (unpaired) electrons. The summed E-state index contributed by atoms with van der Waals surface area (Å²) in [7, 11) is 0. The maximum absolute atomic E-state index is 14.4. The second kappa shape index (κ2) is 8.03. The first-order valence-electron chi connectivity index (χ1n) is 10.2. The molecule has 3 aromatic rings. The normalized spacial score (nSPS) is 16.4. The molecule has 2 heterocycles. The summed E-state index contributed by atoms with van der Waals surface area (Å²) in [5, 5.41) is 4.40. The molecule has 0 saturated carbocycles. The molecule has 4 rings (SSSR count). The number of amides is 1. The van der Waals surface area contributed by atoms with Crippen LogP contribution in [0.2, 0.25) is 0 Å². The van der Waals surface area contributed by atoms with Gasteiger partial charge in [0.15, 0.2) is 5.82 Å². The molecule has 168 valence electrons. The maximum atomic E-state index is 14.4. The average Bonchev–Trinajstić information content (AvgIpc) is 3.23. The van der Waals surface area contributed by atoms with Crippen LogP contribution in [0.15, 0.2) is 42.7 Å². The topological polar surface area (TPSA) is 51.0 Å². The highest BCUT2D eigenvalue weighted by Gasteiger charge is 2.45. The third kappa shape index (κ3) is 3.99. The molecule has 0 fully saturated rings. The second-order valence-electron chi connectivity index (χ2n) is 8.30. The number of anilines is 1. The summed E-state index contributed by atoms with van der Waals surface area (Å²) >= 11 is 0. The molecule has 0 aliphatic carbocycles.